The van der Waals surface area contributed by atoms with Gasteiger partial charge in [-0.2, -0.15) is 4.98 Å². The number of aryl methyl sites for hydroxylation is 2. The molecule has 0 bridgehead atoms. The lowest BCUT2D eigenvalue weighted by Crippen LogP contribution is -1.94. The highest BCUT2D eigenvalue weighted by molar-refractivity contribution is 14.1. The highest BCUT2D eigenvalue weighted by Crippen LogP contribution is 2.25. The van der Waals surface area contributed by atoms with Crippen molar-refractivity contribution in [1.82, 2.24) is 9.97 Å². The van der Waals surface area contributed by atoms with Crippen LogP contribution in [0.15, 0.2) is 24.4 Å². The minimum atomic E-state index is 0.399. The summed E-state index contributed by atoms with van der Waals surface area (Å²) in [6.07, 6.45) is 1.71. The van der Waals surface area contributed by atoms with Crippen LogP contribution in [0.4, 0.5) is 0 Å². The summed E-state index contributed by atoms with van der Waals surface area (Å²) in [6, 6.07) is 6.56. The van der Waals surface area contributed by atoms with Crippen LogP contribution >= 0.6 is 22.6 Å². The first kappa shape index (κ1) is 12.3. The lowest BCUT2D eigenvalue weighted by atomic mass is 10.1. The molecule has 0 fully saturated rings. The number of ether oxygens (including phenoxy) is 1. The van der Waals surface area contributed by atoms with E-state index in [9.17, 15) is 0 Å². The van der Waals surface area contributed by atoms with E-state index in [1.807, 2.05) is 6.07 Å². The Balaban J connectivity index is 2.52. The summed E-state index contributed by atoms with van der Waals surface area (Å²) < 4.78 is 6.34. The SMILES string of the molecule is COc1nccc(-c2cc(C)c(I)c(C)c2)n1. The molecule has 1 aromatic carbocycles. The molecule has 17 heavy (non-hydrogen) atoms. The summed E-state index contributed by atoms with van der Waals surface area (Å²) in [6.45, 7) is 4.22. The maximum absolute atomic E-state index is 5.04. The molecule has 0 atom stereocenters. The Morgan fingerprint density at radius 2 is 1.82 bits per heavy atom. The standard InChI is InChI=1S/C13H13IN2O/c1-8-6-10(7-9(2)12(8)14)11-4-5-15-13(16-11)17-3/h4-7H,1-3H3. The van der Waals surface area contributed by atoms with Crippen LogP contribution in [0, 0.1) is 17.4 Å². The predicted molar refractivity (Wildman–Crippen MR) is 76.2 cm³/mol. The quantitative estimate of drug-likeness (QED) is 0.787. The van der Waals surface area contributed by atoms with Crippen molar-refractivity contribution in [3.63, 3.8) is 0 Å². The largest absolute Gasteiger partial charge is 0.467 e. The number of hydrogen-bond acceptors (Lipinski definition) is 3. The van der Waals surface area contributed by atoms with Crippen molar-refractivity contribution in [2.24, 2.45) is 0 Å². The third-order valence-electron chi connectivity index (χ3n) is 2.55. The average molecular weight is 340 g/mol. The van der Waals surface area contributed by atoms with Gasteiger partial charge in [0.1, 0.15) is 0 Å². The smallest absolute Gasteiger partial charge is 0.316 e. The molecule has 0 saturated heterocycles. The molecule has 1 heterocycles. The molecule has 0 N–H and O–H groups in total. The van der Waals surface area contributed by atoms with Crippen LogP contribution in [0.2, 0.25) is 0 Å². The van der Waals surface area contributed by atoms with Gasteiger partial charge >= 0.3 is 6.01 Å². The summed E-state index contributed by atoms with van der Waals surface area (Å²) in [5, 5.41) is 0. The fraction of sp³-hybridized carbons (Fsp3) is 0.231. The van der Waals surface area contributed by atoms with E-state index in [1.54, 1.807) is 13.3 Å². The second-order valence-corrected chi connectivity index (χ2v) is 4.93. The molecule has 0 spiro atoms. The highest BCUT2D eigenvalue weighted by Gasteiger charge is 2.06. The summed E-state index contributed by atoms with van der Waals surface area (Å²) in [7, 11) is 1.57. The van der Waals surface area contributed by atoms with E-state index in [2.05, 4.69) is 58.5 Å². The van der Waals surface area contributed by atoms with Gasteiger partial charge in [0, 0.05) is 15.3 Å². The van der Waals surface area contributed by atoms with Crippen molar-refractivity contribution in [2.75, 3.05) is 7.11 Å². The Hall–Kier alpha value is -1.17. The topological polar surface area (TPSA) is 35.0 Å². The van der Waals surface area contributed by atoms with E-state index < -0.39 is 0 Å². The van der Waals surface area contributed by atoms with E-state index >= 15 is 0 Å². The number of hydrogen-bond donors (Lipinski definition) is 0. The summed E-state index contributed by atoms with van der Waals surface area (Å²) in [5.74, 6) is 0. The van der Waals surface area contributed by atoms with Crippen molar-refractivity contribution < 1.29 is 4.74 Å². The normalized spacial score (nSPS) is 10.4. The van der Waals surface area contributed by atoms with E-state index in [1.165, 1.54) is 14.7 Å². The molecule has 0 aliphatic rings. The van der Waals surface area contributed by atoms with Crippen molar-refractivity contribution in [2.45, 2.75) is 13.8 Å². The van der Waals surface area contributed by atoms with E-state index in [-0.39, 0.29) is 0 Å². The molecule has 0 saturated carbocycles. The van der Waals surface area contributed by atoms with Gasteiger partial charge < -0.3 is 4.74 Å². The van der Waals surface area contributed by atoms with Gasteiger partial charge in [-0.25, -0.2) is 4.98 Å². The zero-order valence-corrected chi connectivity index (χ0v) is 12.1. The van der Waals surface area contributed by atoms with Gasteiger partial charge in [-0.05, 0) is 65.8 Å². The lowest BCUT2D eigenvalue weighted by molar-refractivity contribution is 0.380. The van der Waals surface area contributed by atoms with Crippen LogP contribution in [0.25, 0.3) is 11.3 Å². The number of halogens is 1. The van der Waals surface area contributed by atoms with Crippen LogP contribution in [-0.4, -0.2) is 17.1 Å². The van der Waals surface area contributed by atoms with Crippen LogP contribution < -0.4 is 4.74 Å². The van der Waals surface area contributed by atoms with Crippen LogP contribution in [-0.2, 0) is 0 Å². The Kier molecular flexibility index (Phi) is 3.61. The predicted octanol–water partition coefficient (Wildman–Crippen LogP) is 3.37. The summed E-state index contributed by atoms with van der Waals surface area (Å²) >= 11 is 2.36. The molecule has 0 amide bonds. The number of aromatic nitrogens is 2. The van der Waals surface area contributed by atoms with Gasteiger partial charge in [0.2, 0.25) is 0 Å². The minimum Gasteiger partial charge on any atom is -0.467 e. The maximum atomic E-state index is 5.04. The maximum Gasteiger partial charge on any atom is 0.316 e. The van der Waals surface area contributed by atoms with Crippen molar-refractivity contribution >= 4 is 22.6 Å². The molecule has 2 rings (SSSR count). The second-order valence-electron chi connectivity index (χ2n) is 3.85. The second kappa shape index (κ2) is 5.00. The van der Waals surface area contributed by atoms with Gasteiger partial charge in [0.25, 0.3) is 0 Å². The fourth-order valence-electron chi connectivity index (χ4n) is 1.69. The van der Waals surface area contributed by atoms with Crippen molar-refractivity contribution in [3.05, 3.63) is 39.1 Å². The monoisotopic (exact) mass is 340 g/mol. The number of methoxy groups -OCH3 is 1. The van der Waals surface area contributed by atoms with E-state index in [0.29, 0.717) is 6.01 Å². The van der Waals surface area contributed by atoms with Gasteiger partial charge in [-0.1, -0.05) is 0 Å². The van der Waals surface area contributed by atoms with Gasteiger partial charge in [-0.3, -0.25) is 0 Å². The Morgan fingerprint density at radius 1 is 1.18 bits per heavy atom. The third kappa shape index (κ3) is 2.57. The first-order valence-corrected chi connectivity index (χ1v) is 6.34. The Morgan fingerprint density at radius 3 is 2.41 bits per heavy atom. The number of nitrogens with zero attached hydrogens (tertiary/aromatic N) is 2. The van der Waals surface area contributed by atoms with E-state index in [0.717, 1.165) is 11.3 Å². The zero-order chi connectivity index (χ0) is 12.4. The molecule has 0 radical (unpaired) electrons. The molecule has 3 nitrogen and oxygen atoms in total. The Labute approximate surface area is 114 Å². The molecule has 0 aliphatic carbocycles. The molecule has 1 aromatic heterocycles. The first-order valence-electron chi connectivity index (χ1n) is 5.26. The van der Waals surface area contributed by atoms with Crippen molar-refractivity contribution in [3.8, 4) is 17.3 Å². The molecular formula is C13H13IN2O. The summed E-state index contributed by atoms with van der Waals surface area (Å²) in [4.78, 5) is 8.35. The Bertz CT molecular complexity index is 532. The highest BCUT2D eigenvalue weighted by atomic mass is 127. The third-order valence-corrected chi connectivity index (χ3v) is 4.25. The van der Waals surface area contributed by atoms with Gasteiger partial charge in [-0.15, -0.1) is 0 Å². The first-order chi connectivity index (χ1) is 8.11. The fourth-order valence-corrected chi connectivity index (χ4v) is 2.01. The number of rotatable bonds is 2. The molecular weight excluding hydrogens is 327 g/mol. The van der Waals surface area contributed by atoms with Crippen LogP contribution in [0.1, 0.15) is 11.1 Å². The molecule has 2 aromatic rings. The minimum absolute atomic E-state index is 0.399. The van der Waals surface area contributed by atoms with Crippen LogP contribution in [0.3, 0.4) is 0 Å². The molecule has 0 unspecified atom stereocenters. The van der Waals surface area contributed by atoms with Crippen molar-refractivity contribution in [1.29, 1.82) is 0 Å². The summed E-state index contributed by atoms with van der Waals surface area (Å²) in [5.41, 5.74) is 4.51. The molecule has 88 valence electrons. The number of benzene rings is 1. The van der Waals surface area contributed by atoms with Gasteiger partial charge in [0.05, 0.1) is 12.8 Å². The average Bonchev–Trinajstić information content (AvgIpc) is 2.35. The zero-order valence-electron chi connectivity index (χ0n) is 9.99. The lowest BCUT2D eigenvalue weighted by Gasteiger charge is -2.08. The van der Waals surface area contributed by atoms with E-state index in [4.69, 9.17) is 4.74 Å². The molecule has 4 heteroatoms. The molecule has 0 aliphatic heterocycles. The van der Waals surface area contributed by atoms with Crippen LogP contribution in [0.5, 0.6) is 6.01 Å². The van der Waals surface area contributed by atoms with Gasteiger partial charge in [0.15, 0.2) is 0 Å².